The number of thiazole rings is 1. The Balaban J connectivity index is 1.25. The number of carbonyl (C=O) groups is 1. The van der Waals surface area contributed by atoms with Crippen molar-refractivity contribution in [3.63, 3.8) is 0 Å². The van der Waals surface area contributed by atoms with Gasteiger partial charge in [0.1, 0.15) is 11.4 Å². The topological polar surface area (TPSA) is 45.7 Å². The van der Waals surface area contributed by atoms with Crippen molar-refractivity contribution in [3.05, 3.63) is 81.8 Å². The van der Waals surface area contributed by atoms with E-state index in [1.807, 2.05) is 0 Å². The molecule has 2 aromatic carbocycles. The first kappa shape index (κ1) is 23.8. The van der Waals surface area contributed by atoms with Crippen LogP contribution in [0.25, 0.3) is 0 Å². The second kappa shape index (κ2) is 9.62. The van der Waals surface area contributed by atoms with Crippen LogP contribution in [0.3, 0.4) is 0 Å². The lowest BCUT2D eigenvalue weighted by atomic mass is 10.1. The van der Waals surface area contributed by atoms with E-state index < -0.39 is 6.36 Å². The number of nitrogens with zero attached hydrogens (tertiary/aromatic N) is 3. The molecule has 2 aliphatic rings. The van der Waals surface area contributed by atoms with Gasteiger partial charge in [0.05, 0.1) is 5.51 Å². The summed E-state index contributed by atoms with van der Waals surface area (Å²) in [5, 5.41) is 1.70. The Bertz CT molecular complexity index is 1170. The van der Waals surface area contributed by atoms with Crippen molar-refractivity contribution in [2.45, 2.75) is 26.4 Å². The number of alkyl halides is 3. The normalized spacial score (nSPS) is 21.5. The van der Waals surface area contributed by atoms with Gasteiger partial charge in [-0.3, -0.25) is 9.69 Å². The van der Waals surface area contributed by atoms with Crippen LogP contribution in [0.15, 0.2) is 59.4 Å². The molecule has 2 unspecified atom stereocenters. The van der Waals surface area contributed by atoms with Crippen LogP contribution >= 0.6 is 11.3 Å². The lowest BCUT2D eigenvalue weighted by molar-refractivity contribution is -0.274. The van der Waals surface area contributed by atoms with E-state index in [2.05, 4.69) is 45.8 Å². The number of piperidine rings is 1. The Kier molecular flexibility index (Phi) is 6.55. The standard InChI is InChI=1S/C26H26F3N3O2S/c1-17-5-2-3-7-19(17)11-31-12-21-22(13-31)23(21)14-32(25(33)24-15-35-16-30-24)10-18-6-4-8-20(9-18)34-26(27,28)29/h2-9,15-16,21-23H,10-14H2,1H3. The number of fused-ring (bicyclic) bond motifs is 1. The molecule has 1 aliphatic carbocycles. The van der Waals surface area contributed by atoms with Gasteiger partial charge in [-0.1, -0.05) is 36.4 Å². The van der Waals surface area contributed by atoms with Crippen molar-refractivity contribution < 1.29 is 22.7 Å². The predicted molar refractivity (Wildman–Crippen MR) is 127 cm³/mol. The Hall–Kier alpha value is -2.91. The van der Waals surface area contributed by atoms with E-state index >= 15 is 0 Å². The van der Waals surface area contributed by atoms with Gasteiger partial charge in [0.2, 0.25) is 0 Å². The molecule has 5 nitrogen and oxygen atoms in total. The van der Waals surface area contributed by atoms with Crippen molar-refractivity contribution >= 4 is 17.2 Å². The number of hydrogen-bond acceptors (Lipinski definition) is 5. The first-order chi connectivity index (χ1) is 16.8. The molecule has 5 rings (SSSR count). The van der Waals surface area contributed by atoms with Crippen LogP contribution in [-0.2, 0) is 13.1 Å². The van der Waals surface area contributed by atoms with Gasteiger partial charge in [0.25, 0.3) is 5.91 Å². The van der Waals surface area contributed by atoms with Gasteiger partial charge in [-0.2, -0.15) is 0 Å². The highest BCUT2D eigenvalue weighted by atomic mass is 32.1. The minimum atomic E-state index is -4.76. The number of aromatic nitrogens is 1. The molecule has 1 saturated heterocycles. The Morgan fingerprint density at radius 1 is 1.17 bits per heavy atom. The molecule has 3 aromatic rings. The smallest absolute Gasteiger partial charge is 0.406 e. The summed E-state index contributed by atoms with van der Waals surface area (Å²) in [6, 6.07) is 14.2. The first-order valence-corrected chi connectivity index (χ1v) is 12.5. The first-order valence-electron chi connectivity index (χ1n) is 11.6. The number of aryl methyl sites for hydroxylation is 1. The third kappa shape index (κ3) is 5.67. The lowest BCUT2D eigenvalue weighted by Gasteiger charge is -2.25. The minimum absolute atomic E-state index is 0.199. The number of halogens is 3. The fourth-order valence-electron chi connectivity index (χ4n) is 5.18. The maximum Gasteiger partial charge on any atom is 0.573 e. The maximum atomic E-state index is 13.2. The second-order valence-electron chi connectivity index (χ2n) is 9.37. The quantitative estimate of drug-likeness (QED) is 0.416. The van der Waals surface area contributed by atoms with Gasteiger partial charge in [-0.25, -0.2) is 4.98 Å². The molecule has 1 saturated carbocycles. The number of likely N-dealkylation sites (tertiary alicyclic amines) is 1. The van der Waals surface area contributed by atoms with Crippen LogP contribution in [0.4, 0.5) is 13.2 Å². The molecule has 184 valence electrons. The van der Waals surface area contributed by atoms with E-state index in [1.54, 1.807) is 21.9 Å². The third-order valence-electron chi connectivity index (χ3n) is 6.98. The third-order valence-corrected chi connectivity index (χ3v) is 7.56. The molecule has 2 atom stereocenters. The second-order valence-corrected chi connectivity index (χ2v) is 10.1. The summed E-state index contributed by atoms with van der Waals surface area (Å²) in [5.41, 5.74) is 5.19. The average Bonchev–Trinajstić information content (AvgIpc) is 3.20. The zero-order valence-corrected chi connectivity index (χ0v) is 20.1. The number of rotatable bonds is 8. The van der Waals surface area contributed by atoms with Crippen LogP contribution in [-0.4, -0.2) is 46.7 Å². The number of ether oxygens (including phenoxy) is 1. The average molecular weight is 502 g/mol. The molecule has 1 amide bonds. The van der Waals surface area contributed by atoms with Crippen LogP contribution in [0.1, 0.15) is 27.2 Å². The van der Waals surface area contributed by atoms with Crippen LogP contribution in [0.5, 0.6) is 5.75 Å². The molecule has 9 heteroatoms. The van der Waals surface area contributed by atoms with E-state index in [9.17, 15) is 18.0 Å². The number of benzene rings is 2. The zero-order valence-electron chi connectivity index (χ0n) is 19.2. The summed E-state index contributed by atoms with van der Waals surface area (Å²) in [5.74, 6) is 0.968. The van der Waals surface area contributed by atoms with E-state index in [0.29, 0.717) is 35.6 Å². The van der Waals surface area contributed by atoms with Gasteiger partial charge in [-0.05, 0) is 53.5 Å². The molecular weight excluding hydrogens is 475 g/mol. The number of amides is 1. The van der Waals surface area contributed by atoms with Crippen molar-refractivity contribution in [1.29, 1.82) is 0 Å². The summed E-state index contributed by atoms with van der Waals surface area (Å²) >= 11 is 1.34. The molecule has 0 N–H and O–H groups in total. The molecule has 0 bridgehead atoms. The lowest BCUT2D eigenvalue weighted by Crippen LogP contribution is -2.35. The highest BCUT2D eigenvalue weighted by Crippen LogP contribution is 2.52. The summed E-state index contributed by atoms with van der Waals surface area (Å²) in [7, 11) is 0. The van der Waals surface area contributed by atoms with Crippen molar-refractivity contribution in [2.24, 2.45) is 17.8 Å². The maximum absolute atomic E-state index is 13.2. The number of carbonyl (C=O) groups excluding carboxylic acids is 1. The molecule has 2 fully saturated rings. The molecule has 0 spiro atoms. The van der Waals surface area contributed by atoms with Gasteiger partial charge in [0, 0.05) is 38.1 Å². The zero-order chi connectivity index (χ0) is 24.6. The van der Waals surface area contributed by atoms with E-state index in [-0.39, 0.29) is 18.2 Å². The van der Waals surface area contributed by atoms with Crippen LogP contribution < -0.4 is 4.74 Å². The Morgan fingerprint density at radius 2 is 1.94 bits per heavy atom. The summed E-state index contributed by atoms with van der Waals surface area (Å²) in [6.07, 6.45) is -4.76. The molecule has 2 heterocycles. The summed E-state index contributed by atoms with van der Waals surface area (Å²) in [4.78, 5) is 21.5. The molecular formula is C26H26F3N3O2S. The summed E-state index contributed by atoms with van der Waals surface area (Å²) in [6.45, 7) is 5.82. The minimum Gasteiger partial charge on any atom is -0.406 e. The Morgan fingerprint density at radius 3 is 2.63 bits per heavy atom. The highest BCUT2D eigenvalue weighted by Gasteiger charge is 2.56. The predicted octanol–water partition coefficient (Wildman–Crippen LogP) is 5.37. The Labute approximate surface area is 206 Å². The van der Waals surface area contributed by atoms with Gasteiger partial charge in [-0.15, -0.1) is 24.5 Å². The molecule has 0 radical (unpaired) electrons. The molecule has 1 aliphatic heterocycles. The van der Waals surface area contributed by atoms with E-state index in [4.69, 9.17) is 0 Å². The van der Waals surface area contributed by atoms with Gasteiger partial charge >= 0.3 is 6.36 Å². The van der Waals surface area contributed by atoms with E-state index in [0.717, 1.165) is 19.6 Å². The van der Waals surface area contributed by atoms with Crippen molar-refractivity contribution in [2.75, 3.05) is 19.6 Å². The van der Waals surface area contributed by atoms with Crippen molar-refractivity contribution in [1.82, 2.24) is 14.8 Å². The van der Waals surface area contributed by atoms with Gasteiger partial charge < -0.3 is 9.64 Å². The molecule has 35 heavy (non-hydrogen) atoms. The highest BCUT2D eigenvalue weighted by molar-refractivity contribution is 7.07. The fourth-order valence-corrected chi connectivity index (χ4v) is 5.71. The monoisotopic (exact) mass is 501 g/mol. The SMILES string of the molecule is Cc1ccccc1CN1CC2C(C1)C2CN(Cc1cccc(OC(F)(F)F)c1)C(=O)c1cscn1. The van der Waals surface area contributed by atoms with Crippen LogP contribution in [0, 0.1) is 24.7 Å². The van der Waals surface area contributed by atoms with Gasteiger partial charge in [0.15, 0.2) is 0 Å². The van der Waals surface area contributed by atoms with Crippen molar-refractivity contribution in [3.8, 4) is 5.75 Å². The number of hydrogen-bond donors (Lipinski definition) is 0. The summed E-state index contributed by atoms with van der Waals surface area (Å²) < 4.78 is 42.0. The largest absolute Gasteiger partial charge is 0.573 e. The molecule has 1 aromatic heterocycles. The van der Waals surface area contributed by atoms with Crippen LogP contribution in [0.2, 0.25) is 0 Å². The fraction of sp³-hybridized carbons (Fsp3) is 0.385. The van der Waals surface area contributed by atoms with E-state index in [1.165, 1.54) is 40.7 Å².